The van der Waals surface area contributed by atoms with Crippen molar-refractivity contribution in [3.63, 3.8) is 0 Å². The number of benzene rings is 2. The lowest BCUT2D eigenvalue weighted by molar-refractivity contribution is 0.0951. The Labute approximate surface area is 173 Å². The summed E-state index contributed by atoms with van der Waals surface area (Å²) >= 11 is 18.1. The molecule has 2 aromatic rings. The molecule has 144 valence electrons. The molecule has 2 aromatic carbocycles. The van der Waals surface area contributed by atoms with Gasteiger partial charge in [0, 0.05) is 29.7 Å². The third-order valence-electron chi connectivity index (χ3n) is 4.34. The highest BCUT2D eigenvalue weighted by Gasteiger charge is 2.28. The van der Waals surface area contributed by atoms with Gasteiger partial charge in [0.2, 0.25) is 10.0 Å². The minimum Gasteiger partial charge on any atom is -0.348 e. The molecule has 1 saturated heterocycles. The van der Waals surface area contributed by atoms with Gasteiger partial charge in [-0.15, -0.1) is 0 Å². The molecule has 1 heterocycles. The molecule has 5 nitrogen and oxygen atoms in total. The van der Waals surface area contributed by atoms with Crippen LogP contribution in [0.3, 0.4) is 0 Å². The maximum atomic E-state index is 12.7. The van der Waals surface area contributed by atoms with E-state index >= 15 is 0 Å². The Morgan fingerprint density at radius 2 is 1.70 bits per heavy atom. The molecular weight excluding hydrogens is 431 g/mol. The van der Waals surface area contributed by atoms with Crippen LogP contribution in [0.5, 0.6) is 0 Å². The maximum Gasteiger partial charge on any atom is 0.253 e. The highest BCUT2D eigenvalue weighted by atomic mass is 35.5. The highest BCUT2D eigenvalue weighted by molar-refractivity contribution is 7.89. The van der Waals surface area contributed by atoms with Crippen molar-refractivity contribution in [2.75, 3.05) is 13.1 Å². The monoisotopic (exact) mass is 446 g/mol. The van der Waals surface area contributed by atoms with Gasteiger partial charge in [-0.05, 0) is 48.7 Å². The zero-order valence-corrected chi connectivity index (χ0v) is 17.3. The van der Waals surface area contributed by atoms with Crippen LogP contribution in [0.25, 0.3) is 0 Å². The third-order valence-corrected chi connectivity index (χ3v) is 7.15. The number of sulfonamides is 1. The molecule has 0 unspecified atom stereocenters. The van der Waals surface area contributed by atoms with Gasteiger partial charge in [-0.3, -0.25) is 4.79 Å². The molecule has 1 N–H and O–H groups in total. The van der Waals surface area contributed by atoms with Gasteiger partial charge in [-0.25, -0.2) is 8.42 Å². The Kier molecular flexibility index (Phi) is 6.33. The van der Waals surface area contributed by atoms with E-state index in [1.165, 1.54) is 22.5 Å². The summed E-state index contributed by atoms with van der Waals surface area (Å²) < 4.78 is 26.8. The van der Waals surface area contributed by atoms with Crippen molar-refractivity contribution in [2.45, 2.75) is 24.3 Å². The van der Waals surface area contributed by atoms with E-state index in [2.05, 4.69) is 5.32 Å². The van der Waals surface area contributed by atoms with Crippen LogP contribution in [0.2, 0.25) is 15.1 Å². The molecule has 0 bridgehead atoms. The predicted molar refractivity (Wildman–Crippen MR) is 107 cm³/mol. The average Bonchev–Trinajstić information content (AvgIpc) is 3.16. The molecule has 27 heavy (non-hydrogen) atoms. The fourth-order valence-electron chi connectivity index (χ4n) is 2.85. The van der Waals surface area contributed by atoms with Crippen molar-refractivity contribution in [3.8, 4) is 0 Å². The molecular formula is C18H17Cl3N2O3S. The van der Waals surface area contributed by atoms with Crippen molar-refractivity contribution < 1.29 is 13.2 Å². The van der Waals surface area contributed by atoms with Crippen LogP contribution < -0.4 is 5.32 Å². The summed E-state index contributed by atoms with van der Waals surface area (Å²) in [5, 5.41) is 3.81. The van der Waals surface area contributed by atoms with Gasteiger partial charge in [0.15, 0.2) is 0 Å². The van der Waals surface area contributed by atoms with E-state index in [4.69, 9.17) is 34.8 Å². The largest absolute Gasteiger partial charge is 0.348 e. The van der Waals surface area contributed by atoms with Crippen molar-refractivity contribution in [3.05, 3.63) is 62.6 Å². The molecule has 0 aromatic heterocycles. The quantitative estimate of drug-likeness (QED) is 0.740. The molecule has 9 heteroatoms. The lowest BCUT2D eigenvalue weighted by atomic mass is 10.2. The first-order chi connectivity index (χ1) is 12.8. The number of nitrogens with zero attached hydrogens (tertiary/aromatic N) is 1. The Morgan fingerprint density at radius 1 is 1.00 bits per heavy atom. The SMILES string of the molecule is O=C(NCc1ccc(Cl)cc1Cl)c1cc(S(=O)(=O)N2CCCC2)ccc1Cl. The van der Waals surface area contributed by atoms with Gasteiger partial charge in [0.25, 0.3) is 5.91 Å². The number of nitrogens with one attached hydrogen (secondary N) is 1. The van der Waals surface area contributed by atoms with E-state index in [-0.39, 0.29) is 22.0 Å². The van der Waals surface area contributed by atoms with Crippen molar-refractivity contribution >= 4 is 50.7 Å². The lowest BCUT2D eigenvalue weighted by Gasteiger charge is -2.16. The molecule has 0 atom stereocenters. The van der Waals surface area contributed by atoms with E-state index in [1.54, 1.807) is 18.2 Å². The summed E-state index contributed by atoms with van der Waals surface area (Å²) in [6.07, 6.45) is 1.67. The molecule has 1 aliphatic heterocycles. The van der Waals surface area contributed by atoms with Gasteiger partial charge in [0.1, 0.15) is 0 Å². The first kappa shape index (κ1) is 20.4. The van der Waals surface area contributed by atoms with E-state index in [0.717, 1.165) is 12.8 Å². The Morgan fingerprint density at radius 3 is 2.37 bits per heavy atom. The summed E-state index contributed by atoms with van der Waals surface area (Å²) in [5.41, 5.74) is 0.786. The third kappa shape index (κ3) is 4.58. The molecule has 0 spiro atoms. The van der Waals surface area contributed by atoms with E-state index in [1.807, 2.05) is 0 Å². The normalized spacial score (nSPS) is 15.1. The standard InChI is InChI=1S/C18H17Cl3N2O3S/c19-13-4-3-12(17(21)9-13)11-22-18(24)15-10-14(5-6-16(15)20)27(25,26)23-7-1-2-8-23/h3-6,9-10H,1-2,7-8,11H2,(H,22,24). The zero-order valence-electron chi connectivity index (χ0n) is 14.2. The topological polar surface area (TPSA) is 66.5 Å². The second-order valence-corrected chi connectivity index (χ2v) is 9.36. The number of hydrogen-bond acceptors (Lipinski definition) is 3. The second-order valence-electron chi connectivity index (χ2n) is 6.17. The minimum atomic E-state index is -3.63. The lowest BCUT2D eigenvalue weighted by Crippen LogP contribution is -2.28. The molecule has 1 fully saturated rings. The Bertz CT molecular complexity index is 974. The number of rotatable bonds is 5. The van der Waals surface area contributed by atoms with Gasteiger partial charge in [-0.2, -0.15) is 4.31 Å². The number of carbonyl (C=O) groups excluding carboxylic acids is 1. The van der Waals surface area contributed by atoms with Crippen LogP contribution in [-0.2, 0) is 16.6 Å². The van der Waals surface area contributed by atoms with Gasteiger partial charge in [-0.1, -0.05) is 40.9 Å². The van der Waals surface area contributed by atoms with E-state index in [0.29, 0.717) is 28.7 Å². The molecule has 0 radical (unpaired) electrons. The van der Waals surface area contributed by atoms with E-state index < -0.39 is 15.9 Å². The average molecular weight is 448 g/mol. The number of hydrogen-bond donors (Lipinski definition) is 1. The molecule has 1 amide bonds. The molecule has 1 aliphatic rings. The Balaban J connectivity index is 1.80. The van der Waals surface area contributed by atoms with Crippen molar-refractivity contribution in [1.29, 1.82) is 0 Å². The fourth-order valence-corrected chi connectivity index (χ4v) is 5.07. The van der Waals surface area contributed by atoms with Crippen LogP contribution >= 0.6 is 34.8 Å². The van der Waals surface area contributed by atoms with E-state index in [9.17, 15) is 13.2 Å². The van der Waals surface area contributed by atoms with Crippen LogP contribution in [0.4, 0.5) is 0 Å². The first-order valence-corrected chi connectivity index (χ1v) is 10.9. The minimum absolute atomic E-state index is 0.0588. The van der Waals surface area contributed by atoms with Crippen LogP contribution in [-0.4, -0.2) is 31.7 Å². The number of carbonyl (C=O) groups is 1. The van der Waals surface area contributed by atoms with Gasteiger partial charge < -0.3 is 5.32 Å². The number of halogens is 3. The zero-order chi connectivity index (χ0) is 19.6. The molecule has 0 saturated carbocycles. The van der Waals surface area contributed by atoms with Gasteiger partial charge >= 0.3 is 0 Å². The first-order valence-electron chi connectivity index (χ1n) is 8.31. The van der Waals surface area contributed by atoms with Crippen molar-refractivity contribution in [2.24, 2.45) is 0 Å². The van der Waals surface area contributed by atoms with Crippen LogP contribution in [0.15, 0.2) is 41.3 Å². The summed E-state index contributed by atoms with van der Waals surface area (Å²) in [5.74, 6) is -0.482. The Hall–Kier alpha value is -1.31. The summed E-state index contributed by atoms with van der Waals surface area (Å²) in [6, 6.07) is 9.12. The second kappa shape index (κ2) is 8.37. The molecule has 3 rings (SSSR count). The fraction of sp³-hybridized carbons (Fsp3) is 0.278. The predicted octanol–water partition coefficient (Wildman–Crippen LogP) is 4.36. The highest BCUT2D eigenvalue weighted by Crippen LogP contribution is 2.26. The van der Waals surface area contributed by atoms with Crippen LogP contribution in [0.1, 0.15) is 28.8 Å². The van der Waals surface area contributed by atoms with Crippen LogP contribution in [0, 0.1) is 0 Å². The molecule has 0 aliphatic carbocycles. The maximum absolute atomic E-state index is 12.7. The summed E-state index contributed by atoms with van der Waals surface area (Å²) in [6.45, 7) is 1.14. The van der Waals surface area contributed by atoms with Gasteiger partial charge in [0.05, 0.1) is 15.5 Å². The summed E-state index contributed by atoms with van der Waals surface area (Å²) in [7, 11) is -3.63. The van der Waals surface area contributed by atoms with Crippen molar-refractivity contribution in [1.82, 2.24) is 9.62 Å². The number of amides is 1. The summed E-state index contributed by atoms with van der Waals surface area (Å²) in [4.78, 5) is 12.6. The smallest absolute Gasteiger partial charge is 0.253 e.